The van der Waals surface area contributed by atoms with Crippen molar-refractivity contribution in [1.82, 2.24) is 10.3 Å². The summed E-state index contributed by atoms with van der Waals surface area (Å²) >= 11 is 1.60. The van der Waals surface area contributed by atoms with Gasteiger partial charge in [-0.05, 0) is 76.9 Å². The molecule has 1 aliphatic rings. The van der Waals surface area contributed by atoms with Crippen molar-refractivity contribution in [2.45, 2.75) is 45.6 Å². The molecular weight excluding hydrogens is 344 g/mol. The fourth-order valence-electron chi connectivity index (χ4n) is 3.46. The van der Waals surface area contributed by atoms with Gasteiger partial charge in [0.25, 0.3) is 5.91 Å². The lowest BCUT2D eigenvalue weighted by atomic mass is 9.97. The highest BCUT2D eigenvalue weighted by Crippen LogP contribution is 2.31. The predicted molar refractivity (Wildman–Crippen MR) is 110 cm³/mol. The third-order valence-corrected chi connectivity index (χ3v) is 5.99. The molecular formula is C20H28N4OS. The van der Waals surface area contributed by atoms with Crippen LogP contribution in [0.5, 0.6) is 0 Å². The van der Waals surface area contributed by atoms with Crippen LogP contribution in [0.25, 0.3) is 0 Å². The van der Waals surface area contributed by atoms with Crippen LogP contribution in [0.4, 0.5) is 10.8 Å². The number of rotatable bonds is 6. The van der Waals surface area contributed by atoms with Gasteiger partial charge < -0.3 is 10.2 Å². The van der Waals surface area contributed by atoms with E-state index in [-0.39, 0.29) is 5.91 Å². The van der Waals surface area contributed by atoms with Crippen molar-refractivity contribution < 1.29 is 4.79 Å². The van der Waals surface area contributed by atoms with Gasteiger partial charge >= 0.3 is 0 Å². The number of benzene rings is 1. The van der Waals surface area contributed by atoms with Crippen LogP contribution in [0.3, 0.4) is 0 Å². The first-order valence-electron chi connectivity index (χ1n) is 9.43. The molecule has 1 fully saturated rings. The molecule has 0 radical (unpaired) electrons. The van der Waals surface area contributed by atoms with Gasteiger partial charge in [0.15, 0.2) is 5.13 Å². The Balaban J connectivity index is 1.64. The van der Waals surface area contributed by atoms with Crippen LogP contribution < -0.4 is 15.5 Å². The molecule has 140 valence electrons. The van der Waals surface area contributed by atoms with Gasteiger partial charge in [0, 0.05) is 34.9 Å². The number of carbonyl (C=O) groups is 1. The summed E-state index contributed by atoms with van der Waals surface area (Å²) in [5.41, 5.74) is 1.80. The minimum atomic E-state index is -0.102. The van der Waals surface area contributed by atoms with Crippen LogP contribution in [0.1, 0.15) is 54.8 Å². The summed E-state index contributed by atoms with van der Waals surface area (Å²) in [5, 5.41) is 7.01. The van der Waals surface area contributed by atoms with Crippen LogP contribution in [0, 0.1) is 0 Å². The highest BCUT2D eigenvalue weighted by molar-refractivity contribution is 7.15. The van der Waals surface area contributed by atoms with Gasteiger partial charge in [0.1, 0.15) is 0 Å². The summed E-state index contributed by atoms with van der Waals surface area (Å²) < 4.78 is 0. The molecule has 0 saturated carbocycles. The molecule has 0 atom stereocenters. The van der Waals surface area contributed by atoms with E-state index in [1.165, 1.54) is 4.88 Å². The Bertz CT molecular complexity index is 720. The quantitative estimate of drug-likeness (QED) is 0.802. The Hall–Kier alpha value is -1.92. The van der Waals surface area contributed by atoms with E-state index in [0.717, 1.165) is 38.2 Å². The van der Waals surface area contributed by atoms with Crippen molar-refractivity contribution in [2.75, 3.05) is 29.9 Å². The molecule has 0 spiro atoms. The molecule has 1 amide bonds. The Kier molecular flexibility index (Phi) is 6.27. The molecule has 1 aromatic heterocycles. The minimum Gasteiger partial charge on any atom is -0.369 e. The summed E-state index contributed by atoms with van der Waals surface area (Å²) in [6.45, 7) is 9.55. The molecule has 2 aromatic rings. The van der Waals surface area contributed by atoms with E-state index in [4.69, 9.17) is 0 Å². The number of carbonyl (C=O) groups excluding carboxylic acids is 1. The molecule has 2 N–H and O–H groups in total. The number of nitrogens with zero attached hydrogens (tertiary/aromatic N) is 2. The van der Waals surface area contributed by atoms with E-state index in [0.29, 0.717) is 22.7 Å². The first-order valence-corrected chi connectivity index (χ1v) is 10.2. The lowest BCUT2D eigenvalue weighted by molar-refractivity contribution is 0.102. The largest absolute Gasteiger partial charge is 0.369 e. The van der Waals surface area contributed by atoms with Gasteiger partial charge in [-0.15, -0.1) is 11.3 Å². The maximum Gasteiger partial charge on any atom is 0.257 e. The molecule has 0 unspecified atom stereocenters. The third kappa shape index (κ3) is 4.43. The van der Waals surface area contributed by atoms with Crippen molar-refractivity contribution in [1.29, 1.82) is 0 Å². The minimum absolute atomic E-state index is 0.102. The predicted octanol–water partition coefficient (Wildman–Crippen LogP) is 4.10. The second kappa shape index (κ2) is 8.64. The normalized spacial score (nSPS) is 15.2. The Morgan fingerprint density at radius 3 is 2.62 bits per heavy atom. The highest BCUT2D eigenvalue weighted by atomic mass is 32.1. The first kappa shape index (κ1) is 18.9. The van der Waals surface area contributed by atoms with E-state index in [9.17, 15) is 4.79 Å². The first-order chi connectivity index (χ1) is 12.6. The second-order valence-electron chi connectivity index (χ2n) is 6.97. The van der Waals surface area contributed by atoms with Gasteiger partial charge in [-0.2, -0.15) is 0 Å². The molecule has 1 aliphatic heterocycles. The third-order valence-electron chi connectivity index (χ3n) is 4.91. The maximum absolute atomic E-state index is 12.5. The zero-order valence-electron chi connectivity index (χ0n) is 15.8. The molecule has 3 rings (SSSR count). The number of hydrogen-bond acceptors (Lipinski definition) is 5. The van der Waals surface area contributed by atoms with Crippen molar-refractivity contribution in [2.24, 2.45) is 0 Å². The van der Waals surface area contributed by atoms with Crippen LogP contribution >= 0.6 is 11.3 Å². The second-order valence-corrected chi connectivity index (χ2v) is 8.04. The smallest absolute Gasteiger partial charge is 0.257 e. The fraction of sp³-hybridized carbons (Fsp3) is 0.500. The molecule has 1 aromatic carbocycles. The molecule has 0 bridgehead atoms. The number of piperidine rings is 1. The van der Waals surface area contributed by atoms with Gasteiger partial charge in [-0.25, -0.2) is 4.98 Å². The van der Waals surface area contributed by atoms with E-state index >= 15 is 0 Å². The number of thiazole rings is 1. The van der Waals surface area contributed by atoms with Crippen molar-refractivity contribution in [3.05, 3.63) is 40.9 Å². The van der Waals surface area contributed by atoms with E-state index < -0.39 is 0 Å². The number of aromatic nitrogens is 1. The average molecular weight is 373 g/mol. The molecule has 0 aliphatic carbocycles. The number of anilines is 2. The van der Waals surface area contributed by atoms with Crippen LogP contribution in [0.2, 0.25) is 0 Å². The van der Waals surface area contributed by atoms with E-state index in [2.05, 4.69) is 41.3 Å². The van der Waals surface area contributed by atoms with Crippen molar-refractivity contribution >= 4 is 28.1 Å². The van der Waals surface area contributed by atoms with Gasteiger partial charge in [0.2, 0.25) is 0 Å². The van der Waals surface area contributed by atoms with Crippen molar-refractivity contribution in [3.63, 3.8) is 0 Å². The van der Waals surface area contributed by atoms with Crippen LogP contribution in [0.15, 0.2) is 30.5 Å². The van der Waals surface area contributed by atoms with Gasteiger partial charge in [-0.3, -0.25) is 10.1 Å². The van der Waals surface area contributed by atoms with E-state index in [1.54, 1.807) is 11.3 Å². The summed E-state index contributed by atoms with van der Waals surface area (Å²) in [6, 6.07) is 8.23. The zero-order chi connectivity index (χ0) is 18.5. The Labute approximate surface area is 159 Å². The maximum atomic E-state index is 12.5. The van der Waals surface area contributed by atoms with Crippen LogP contribution in [-0.4, -0.2) is 36.6 Å². The molecule has 6 heteroatoms. The lowest BCUT2D eigenvalue weighted by Crippen LogP contribution is -2.30. The molecule has 1 saturated heterocycles. The summed E-state index contributed by atoms with van der Waals surface area (Å²) in [5.74, 6) is 0.463. The number of nitrogens with one attached hydrogen (secondary N) is 2. The molecule has 26 heavy (non-hydrogen) atoms. The molecule has 2 heterocycles. The summed E-state index contributed by atoms with van der Waals surface area (Å²) in [4.78, 5) is 20.5. The SMILES string of the molecule is CCN(c1ccc(C(=O)Nc2ncc(C3CCNCC3)s2)cc1)C(C)C. The average Bonchev–Trinajstić information content (AvgIpc) is 3.12. The highest BCUT2D eigenvalue weighted by Gasteiger charge is 2.18. The topological polar surface area (TPSA) is 57.3 Å². The zero-order valence-corrected chi connectivity index (χ0v) is 16.6. The standard InChI is InChI=1S/C20H28N4OS/c1-4-24(14(2)3)17-7-5-16(6-8-17)19(25)23-20-22-13-18(26-20)15-9-11-21-12-10-15/h5-8,13-15,21H,4,9-12H2,1-3H3,(H,22,23,25). The van der Waals surface area contributed by atoms with Gasteiger partial charge in [0.05, 0.1) is 0 Å². The molecule has 5 nitrogen and oxygen atoms in total. The van der Waals surface area contributed by atoms with Crippen LogP contribution in [-0.2, 0) is 0 Å². The van der Waals surface area contributed by atoms with Gasteiger partial charge in [-0.1, -0.05) is 0 Å². The van der Waals surface area contributed by atoms with E-state index in [1.807, 2.05) is 30.5 Å². The number of hydrogen-bond donors (Lipinski definition) is 2. The summed E-state index contributed by atoms with van der Waals surface area (Å²) in [6.07, 6.45) is 4.20. The van der Waals surface area contributed by atoms with Crippen molar-refractivity contribution in [3.8, 4) is 0 Å². The summed E-state index contributed by atoms with van der Waals surface area (Å²) in [7, 11) is 0. The lowest BCUT2D eigenvalue weighted by Gasteiger charge is -2.27. The Morgan fingerprint density at radius 1 is 1.31 bits per heavy atom. The Morgan fingerprint density at radius 2 is 2.00 bits per heavy atom. The fourth-order valence-corrected chi connectivity index (χ4v) is 4.44. The monoisotopic (exact) mass is 372 g/mol. The number of amides is 1.